The molecule has 5 rings (SSSR count). The van der Waals surface area contributed by atoms with Gasteiger partial charge < -0.3 is 15.0 Å². The number of hydrogen-bond donors (Lipinski definition) is 1. The molecule has 0 spiro atoms. The summed E-state index contributed by atoms with van der Waals surface area (Å²) in [5.74, 6) is -0.466. The maximum Gasteiger partial charge on any atom is 0.337 e. The van der Waals surface area contributed by atoms with Crippen LogP contribution in [0.2, 0.25) is 0 Å². The van der Waals surface area contributed by atoms with E-state index in [2.05, 4.69) is 60.5 Å². The van der Waals surface area contributed by atoms with E-state index in [1.807, 2.05) is 25.1 Å². The van der Waals surface area contributed by atoms with E-state index in [-0.39, 0.29) is 23.8 Å². The summed E-state index contributed by atoms with van der Waals surface area (Å²) in [6.07, 6.45) is 6.39. The largest absolute Gasteiger partial charge is 0.459 e. The van der Waals surface area contributed by atoms with Crippen molar-refractivity contribution < 1.29 is 14.3 Å². The van der Waals surface area contributed by atoms with Crippen molar-refractivity contribution >= 4 is 17.4 Å². The first kappa shape index (κ1) is 26.3. The van der Waals surface area contributed by atoms with Crippen LogP contribution in [0, 0.1) is 0 Å². The molecule has 2 aliphatic carbocycles. The number of hydrogen-bond acceptors (Lipinski definition) is 5. The van der Waals surface area contributed by atoms with Crippen LogP contribution >= 0.6 is 0 Å². The number of esters is 1. The van der Waals surface area contributed by atoms with E-state index in [1.165, 1.54) is 12.0 Å². The molecule has 1 fully saturated rings. The number of allylic oxidation sites excluding steroid dienone is 3. The van der Waals surface area contributed by atoms with Gasteiger partial charge in [-0.05, 0) is 82.1 Å². The highest BCUT2D eigenvalue weighted by atomic mass is 16.5. The molecule has 0 radical (unpaired) electrons. The molecule has 1 aliphatic heterocycles. The second kappa shape index (κ2) is 11.6. The second-order valence-corrected chi connectivity index (χ2v) is 10.9. The van der Waals surface area contributed by atoms with Crippen LogP contribution in [0.4, 0.5) is 5.69 Å². The standard InChI is InChI=1S/C33H40N2O3/c1-4-35(5-2)26-18-16-24(17-19-26)31-30(33(37)38-27-14-10-7-11-15-27)22(3)34-28-20-25(21-29(36)32(28)31)23-12-8-6-9-13-23/h6,8-9,12-13,16-19,25,27,31,34H,4-5,7,10-11,14-15,20-21H2,1-3H3/t25-,31+/m0/s1. The van der Waals surface area contributed by atoms with E-state index < -0.39 is 5.92 Å². The van der Waals surface area contributed by atoms with Crippen LogP contribution in [0.1, 0.15) is 88.7 Å². The average molecular weight is 513 g/mol. The maximum atomic E-state index is 13.8. The predicted octanol–water partition coefficient (Wildman–Crippen LogP) is 6.77. The smallest absolute Gasteiger partial charge is 0.337 e. The first-order valence-corrected chi connectivity index (χ1v) is 14.3. The highest BCUT2D eigenvalue weighted by Crippen LogP contribution is 2.46. The molecule has 1 heterocycles. The lowest BCUT2D eigenvalue weighted by molar-refractivity contribution is -0.146. The van der Waals surface area contributed by atoms with Gasteiger partial charge in [-0.15, -0.1) is 0 Å². The first-order chi connectivity index (χ1) is 18.5. The summed E-state index contributed by atoms with van der Waals surface area (Å²) >= 11 is 0. The molecule has 0 bridgehead atoms. The van der Waals surface area contributed by atoms with Crippen molar-refractivity contribution in [1.82, 2.24) is 5.32 Å². The second-order valence-electron chi connectivity index (χ2n) is 10.9. The molecule has 0 amide bonds. The number of Topliss-reactive ketones (excluding diaryl/α,β-unsaturated/α-hetero) is 1. The zero-order valence-corrected chi connectivity index (χ0v) is 23.0. The molecule has 5 nitrogen and oxygen atoms in total. The Kier molecular flexibility index (Phi) is 8.01. The Hall–Kier alpha value is -3.34. The van der Waals surface area contributed by atoms with Gasteiger partial charge in [0, 0.05) is 48.1 Å². The molecule has 38 heavy (non-hydrogen) atoms. The quantitative estimate of drug-likeness (QED) is 0.415. The van der Waals surface area contributed by atoms with Crippen LogP contribution in [-0.4, -0.2) is 30.9 Å². The van der Waals surface area contributed by atoms with Crippen LogP contribution in [-0.2, 0) is 14.3 Å². The number of carbonyl (C=O) groups excluding carboxylic acids is 2. The Bertz CT molecular complexity index is 1220. The fourth-order valence-corrected chi connectivity index (χ4v) is 6.47. The molecule has 2 atom stereocenters. The Morgan fingerprint density at radius 1 is 0.921 bits per heavy atom. The van der Waals surface area contributed by atoms with E-state index in [0.29, 0.717) is 12.0 Å². The lowest BCUT2D eigenvalue weighted by Crippen LogP contribution is -2.37. The monoisotopic (exact) mass is 512 g/mol. The van der Waals surface area contributed by atoms with E-state index in [4.69, 9.17) is 4.74 Å². The van der Waals surface area contributed by atoms with Gasteiger partial charge in [-0.1, -0.05) is 48.9 Å². The third kappa shape index (κ3) is 5.29. The minimum atomic E-state index is -0.419. The normalized spacial score (nSPS) is 22.1. The number of nitrogens with one attached hydrogen (secondary N) is 1. The van der Waals surface area contributed by atoms with Crippen molar-refractivity contribution in [3.63, 3.8) is 0 Å². The zero-order chi connectivity index (χ0) is 26.6. The summed E-state index contributed by atoms with van der Waals surface area (Å²) in [4.78, 5) is 29.9. The van der Waals surface area contributed by atoms with Gasteiger partial charge in [0.15, 0.2) is 5.78 Å². The van der Waals surface area contributed by atoms with Gasteiger partial charge in [0.25, 0.3) is 0 Å². The molecule has 5 heteroatoms. The third-order valence-corrected chi connectivity index (χ3v) is 8.50. The molecule has 200 valence electrons. The lowest BCUT2D eigenvalue weighted by Gasteiger charge is -2.37. The number of nitrogens with zero attached hydrogens (tertiary/aromatic N) is 1. The summed E-state index contributed by atoms with van der Waals surface area (Å²) in [5.41, 5.74) is 6.34. The van der Waals surface area contributed by atoms with Crippen molar-refractivity contribution in [1.29, 1.82) is 0 Å². The number of rotatable bonds is 7. The molecule has 3 aliphatic rings. The molecular formula is C33H40N2O3. The first-order valence-electron chi connectivity index (χ1n) is 14.3. The summed E-state index contributed by atoms with van der Waals surface area (Å²) in [6.45, 7) is 8.11. The van der Waals surface area contributed by atoms with Gasteiger partial charge in [-0.25, -0.2) is 4.79 Å². The molecule has 2 aromatic carbocycles. The molecule has 0 saturated heterocycles. The molecule has 1 N–H and O–H groups in total. The van der Waals surface area contributed by atoms with Gasteiger partial charge >= 0.3 is 5.97 Å². The van der Waals surface area contributed by atoms with Gasteiger partial charge in [0.2, 0.25) is 0 Å². The fourth-order valence-electron chi connectivity index (χ4n) is 6.47. The number of anilines is 1. The summed E-state index contributed by atoms with van der Waals surface area (Å²) in [6, 6.07) is 18.7. The summed E-state index contributed by atoms with van der Waals surface area (Å²) in [7, 11) is 0. The molecule has 0 unspecified atom stereocenters. The van der Waals surface area contributed by atoms with Crippen LogP contribution < -0.4 is 10.2 Å². The fraction of sp³-hybridized carbons (Fsp3) is 0.455. The topological polar surface area (TPSA) is 58.6 Å². The van der Waals surface area contributed by atoms with Crippen LogP contribution in [0.3, 0.4) is 0 Å². The van der Waals surface area contributed by atoms with E-state index in [0.717, 1.165) is 73.4 Å². The number of carbonyl (C=O) groups is 2. The number of benzene rings is 2. The zero-order valence-electron chi connectivity index (χ0n) is 23.0. The van der Waals surface area contributed by atoms with Crippen LogP contribution in [0.15, 0.2) is 77.1 Å². The van der Waals surface area contributed by atoms with Crippen molar-refractivity contribution in [2.45, 2.75) is 83.7 Å². The highest BCUT2D eigenvalue weighted by molar-refractivity contribution is 6.04. The molecule has 0 aromatic heterocycles. The predicted molar refractivity (Wildman–Crippen MR) is 152 cm³/mol. The van der Waals surface area contributed by atoms with Gasteiger partial charge in [-0.2, -0.15) is 0 Å². The minimum absolute atomic E-state index is 0.0397. The van der Waals surface area contributed by atoms with Gasteiger partial charge in [0.1, 0.15) is 6.10 Å². The Labute approximate surface area is 227 Å². The molecule has 1 saturated carbocycles. The van der Waals surface area contributed by atoms with Crippen molar-refractivity contribution in [3.05, 3.63) is 88.3 Å². The lowest BCUT2D eigenvalue weighted by atomic mass is 9.71. The molecule has 2 aromatic rings. The summed E-state index contributed by atoms with van der Waals surface area (Å²) < 4.78 is 6.08. The van der Waals surface area contributed by atoms with E-state index in [9.17, 15) is 9.59 Å². The highest BCUT2D eigenvalue weighted by Gasteiger charge is 2.42. The summed E-state index contributed by atoms with van der Waals surface area (Å²) in [5, 5.41) is 3.49. The number of dihydropyridines is 1. The Balaban J connectivity index is 1.52. The van der Waals surface area contributed by atoms with Crippen LogP contribution in [0.25, 0.3) is 0 Å². The SMILES string of the molecule is CCN(CC)c1ccc([C@@H]2C(C(=O)OC3CCCCC3)=C(C)NC3=C2C(=O)C[C@@H](c2ccccc2)C3)cc1. The van der Waals surface area contributed by atoms with Crippen LogP contribution in [0.5, 0.6) is 0 Å². The average Bonchev–Trinajstić information content (AvgIpc) is 2.94. The third-order valence-electron chi connectivity index (χ3n) is 8.50. The van der Waals surface area contributed by atoms with Gasteiger partial charge in [-0.3, -0.25) is 4.79 Å². The Morgan fingerprint density at radius 3 is 2.26 bits per heavy atom. The maximum absolute atomic E-state index is 13.8. The molecular weight excluding hydrogens is 472 g/mol. The van der Waals surface area contributed by atoms with Gasteiger partial charge in [0.05, 0.1) is 5.57 Å². The van der Waals surface area contributed by atoms with Crippen molar-refractivity contribution in [2.24, 2.45) is 0 Å². The number of ketones is 1. The Morgan fingerprint density at radius 2 is 1.61 bits per heavy atom. The minimum Gasteiger partial charge on any atom is -0.459 e. The van der Waals surface area contributed by atoms with E-state index >= 15 is 0 Å². The van der Waals surface area contributed by atoms with E-state index in [1.54, 1.807) is 0 Å². The van der Waals surface area contributed by atoms with Crippen molar-refractivity contribution in [3.8, 4) is 0 Å². The number of ether oxygens (including phenoxy) is 1. The van der Waals surface area contributed by atoms with Crippen molar-refractivity contribution in [2.75, 3.05) is 18.0 Å².